The molecule has 0 saturated carbocycles. The quantitative estimate of drug-likeness (QED) is 0.342. The van der Waals surface area contributed by atoms with Gasteiger partial charge < -0.3 is 40.7 Å². The van der Waals surface area contributed by atoms with Crippen LogP contribution in [0, 0.1) is 5.92 Å². The molecule has 0 aliphatic carbocycles. The molecule has 1 aromatic rings. The first-order chi connectivity index (χ1) is 19.6. The summed E-state index contributed by atoms with van der Waals surface area (Å²) in [5.41, 5.74) is 6.01. The lowest BCUT2D eigenvalue weighted by Crippen LogP contribution is -2.49. The van der Waals surface area contributed by atoms with Crippen LogP contribution in [-0.4, -0.2) is 113 Å². The summed E-state index contributed by atoms with van der Waals surface area (Å²) in [5, 5.41) is 19.0. The van der Waals surface area contributed by atoms with Crippen molar-refractivity contribution in [1.29, 1.82) is 0 Å². The minimum atomic E-state index is -1.26. The van der Waals surface area contributed by atoms with Gasteiger partial charge in [-0.2, -0.15) is 4.98 Å². The Hall–Kier alpha value is -3.58. The van der Waals surface area contributed by atoms with Gasteiger partial charge in [0.1, 0.15) is 11.4 Å². The molecular formula is C27H39ClN6O7. The normalized spacial score (nSPS) is 18.6. The van der Waals surface area contributed by atoms with E-state index in [1.807, 2.05) is 9.80 Å². The number of aromatic nitrogens is 1. The number of carbonyl (C=O) groups excluding carboxylic acids is 2. The van der Waals surface area contributed by atoms with Crippen LogP contribution < -0.4 is 15.8 Å². The Morgan fingerprint density at radius 1 is 1.00 bits per heavy atom. The highest BCUT2D eigenvalue weighted by Gasteiger charge is 2.30. The van der Waals surface area contributed by atoms with Gasteiger partial charge in [0.2, 0.25) is 5.88 Å². The summed E-state index contributed by atoms with van der Waals surface area (Å²) in [6.45, 7) is 6.54. The monoisotopic (exact) mass is 594 g/mol. The molecule has 0 spiro atoms. The van der Waals surface area contributed by atoms with Crippen molar-refractivity contribution in [3.63, 3.8) is 0 Å². The fraction of sp³-hybridized carbons (Fsp3) is 0.593. The highest BCUT2D eigenvalue weighted by Crippen LogP contribution is 2.26. The molecule has 3 aliphatic heterocycles. The number of nitrogens with zero attached hydrogens (tertiary/aromatic N) is 4. The van der Waals surface area contributed by atoms with Crippen LogP contribution >= 0.6 is 11.6 Å². The topological polar surface area (TPSA) is 179 Å². The number of rotatable bonds is 7. The molecule has 3 fully saturated rings. The summed E-state index contributed by atoms with van der Waals surface area (Å²) in [7, 11) is 1.46. The molecule has 5 N–H and O–H groups in total. The number of hydrogen-bond donors (Lipinski definition) is 4. The number of carboxylic acid groups (broad SMARTS) is 2. The molecule has 13 nitrogen and oxygen atoms in total. The van der Waals surface area contributed by atoms with Gasteiger partial charge in [-0.1, -0.05) is 11.6 Å². The van der Waals surface area contributed by atoms with Crippen LogP contribution in [0.3, 0.4) is 0 Å². The van der Waals surface area contributed by atoms with E-state index in [0.717, 1.165) is 84.3 Å². The largest absolute Gasteiger partial charge is 0.480 e. The summed E-state index contributed by atoms with van der Waals surface area (Å²) in [6.07, 6.45) is 7.33. The van der Waals surface area contributed by atoms with Gasteiger partial charge >= 0.3 is 18.0 Å². The molecule has 0 unspecified atom stereocenters. The minimum absolute atomic E-state index is 0.106. The zero-order valence-corrected chi connectivity index (χ0v) is 24.0. The van der Waals surface area contributed by atoms with Crippen LogP contribution in [0.15, 0.2) is 18.2 Å². The summed E-state index contributed by atoms with van der Waals surface area (Å²) in [4.78, 5) is 55.0. The predicted molar refractivity (Wildman–Crippen MR) is 152 cm³/mol. The molecule has 41 heavy (non-hydrogen) atoms. The maximum Gasteiger partial charge on any atom is 0.328 e. The lowest BCUT2D eigenvalue weighted by atomic mass is 9.94. The number of aliphatic carboxylic acids is 2. The third kappa shape index (κ3) is 9.78. The minimum Gasteiger partial charge on any atom is -0.480 e. The molecule has 14 heteroatoms. The Labute approximate surface area is 244 Å². The molecule has 226 valence electrons. The zero-order chi connectivity index (χ0) is 29.9. The number of nitrogen functional groups attached to an aromatic ring is 1. The van der Waals surface area contributed by atoms with E-state index in [1.54, 1.807) is 0 Å². The van der Waals surface area contributed by atoms with Crippen molar-refractivity contribution in [3.05, 3.63) is 28.8 Å². The lowest BCUT2D eigenvalue weighted by Gasteiger charge is -2.38. The lowest BCUT2D eigenvalue weighted by molar-refractivity contribution is -0.134. The molecular weight excluding hydrogens is 556 g/mol. The standard InChI is InChI=1S/C23H35ClN6O3.C4H4O4/c1-33-22-18(14-19(24)20(25)27-22)21(31)26-17-6-10-28(11-7-17)15-16-4-12-30(13-5-16)23(32)29-8-2-3-9-29;5-3(6)1-2-4(7)8/h14,16-17H,2-13,15H2,1H3,(H2,25,27)(H,26,31);1-2H,(H,5,6)(H,7,8)/b;2-1+. The number of methoxy groups -OCH3 is 1. The van der Waals surface area contributed by atoms with Crippen LogP contribution in [0.2, 0.25) is 5.02 Å². The van der Waals surface area contributed by atoms with Crippen molar-refractivity contribution in [2.75, 3.05) is 58.7 Å². The Balaban J connectivity index is 0.000000507. The second kappa shape index (κ2) is 15.4. The molecule has 4 heterocycles. The number of anilines is 1. The van der Waals surface area contributed by atoms with Crippen LogP contribution in [0.25, 0.3) is 0 Å². The summed E-state index contributed by atoms with van der Waals surface area (Å²) in [6, 6.07) is 1.85. The number of halogens is 1. The van der Waals surface area contributed by atoms with Gasteiger partial charge in [-0.15, -0.1) is 0 Å². The third-order valence-corrected chi connectivity index (χ3v) is 7.78. The first-order valence-corrected chi connectivity index (χ1v) is 14.2. The molecule has 0 aromatic carbocycles. The van der Waals surface area contributed by atoms with Gasteiger partial charge in [-0.3, -0.25) is 4.79 Å². The van der Waals surface area contributed by atoms with E-state index in [0.29, 0.717) is 23.6 Å². The van der Waals surface area contributed by atoms with Gasteiger partial charge in [0, 0.05) is 64.0 Å². The van der Waals surface area contributed by atoms with Crippen molar-refractivity contribution in [2.45, 2.75) is 44.6 Å². The Kier molecular flexibility index (Phi) is 12.0. The highest BCUT2D eigenvalue weighted by molar-refractivity contribution is 6.33. The highest BCUT2D eigenvalue weighted by atomic mass is 35.5. The molecule has 0 bridgehead atoms. The van der Waals surface area contributed by atoms with Gasteiger partial charge in [-0.05, 0) is 50.5 Å². The maximum atomic E-state index is 12.8. The van der Waals surface area contributed by atoms with E-state index >= 15 is 0 Å². The Bertz CT molecular complexity index is 1100. The van der Waals surface area contributed by atoms with Crippen molar-refractivity contribution in [2.24, 2.45) is 5.92 Å². The van der Waals surface area contributed by atoms with Crippen LogP contribution in [0.1, 0.15) is 48.9 Å². The number of ether oxygens (including phenoxy) is 1. The van der Waals surface area contributed by atoms with Crippen molar-refractivity contribution < 1.29 is 34.1 Å². The fourth-order valence-electron chi connectivity index (χ4n) is 5.25. The zero-order valence-electron chi connectivity index (χ0n) is 23.3. The number of nitrogens with one attached hydrogen (secondary N) is 1. The predicted octanol–water partition coefficient (Wildman–Crippen LogP) is 2.16. The van der Waals surface area contributed by atoms with E-state index in [1.165, 1.54) is 13.2 Å². The molecule has 4 rings (SSSR count). The first kappa shape index (κ1) is 31.9. The number of urea groups is 1. The Morgan fingerprint density at radius 2 is 1.56 bits per heavy atom. The number of carbonyl (C=O) groups is 4. The molecule has 3 saturated heterocycles. The molecule has 3 aliphatic rings. The second-order valence-corrected chi connectivity index (χ2v) is 10.8. The van der Waals surface area contributed by atoms with Crippen molar-refractivity contribution >= 4 is 41.3 Å². The molecule has 1 aromatic heterocycles. The van der Waals surface area contributed by atoms with Gasteiger partial charge in [0.05, 0.1) is 12.1 Å². The molecule has 3 amide bonds. The number of amides is 3. The SMILES string of the molecule is COc1nc(N)c(Cl)cc1C(=O)NC1CCN(CC2CCN(C(=O)N3CCCC3)CC2)CC1.O=C(O)/C=C/C(=O)O. The molecule has 0 atom stereocenters. The van der Waals surface area contributed by atoms with Crippen LogP contribution in [-0.2, 0) is 9.59 Å². The average molecular weight is 595 g/mol. The van der Waals surface area contributed by atoms with E-state index in [-0.39, 0.29) is 34.7 Å². The fourth-order valence-corrected chi connectivity index (χ4v) is 5.40. The Morgan fingerprint density at radius 3 is 2.10 bits per heavy atom. The van der Waals surface area contributed by atoms with E-state index < -0.39 is 11.9 Å². The number of hydrogen-bond acceptors (Lipinski definition) is 8. The number of pyridine rings is 1. The van der Waals surface area contributed by atoms with Crippen LogP contribution in [0.5, 0.6) is 5.88 Å². The number of nitrogens with two attached hydrogens (primary N) is 1. The summed E-state index contributed by atoms with van der Waals surface area (Å²) in [5.74, 6) is -1.80. The van der Waals surface area contributed by atoms with Gasteiger partial charge in [0.25, 0.3) is 5.91 Å². The number of piperidine rings is 2. The smallest absolute Gasteiger partial charge is 0.328 e. The third-order valence-electron chi connectivity index (χ3n) is 7.48. The maximum absolute atomic E-state index is 12.8. The summed E-state index contributed by atoms with van der Waals surface area (Å²) < 4.78 is 5.20. The number of likely N-dealkylation sites (tertiary alicyclic amines) is 3. The van der Waals surface area contributed by atoms with Gasteiger partial charge in [-0.25, -0.2) is 14.4 Å². The summed E-state index contributed by atoms with van der Waals surface area (Å²) >= 11 is 6.05. The van der Waals surface area contributed by atoms with Crippen LogP contribution in [0.4, 0.5) is 10.6 Å². The second-order valence-electron chi connectivity index (χ2n) is 10.4. The van der Waals surface area contributed by atoms with E-state index in [2.05, 4.69) is 15.2 Å². The first-order valence-electron chi connectivity index (χ1n) is 13.8. The number of carboxylic acids is 2. The molecule has 0 radical (unpaired) electrons. The van der Waals surface area contributed by atoms with Crippen molar-refractivity contribution in [3.8, 4) is 5.88 Å². The van der Waals surface area contributed by atoms with Gasteiger partial charge in [0.15, 0.2) is 0 Å². The van der Waals surface area contributed by atoms with Crippen molar-refractivity contribution in [1.82, 2.24) is 25.0 Å². The van der Waals surface area contributed by atoms with E-state index in [9.17, 15) is 19.2 Å². The average Bonchev–Trinajstić information content (AvgIpc) is 3.50. The van der Waals surface area contributed by atoms with E-state index in [4.69, 9.17) is 32.3 Å².